The Hall–Kier alpha value is 0.370. The Bertz CT molecular complexity index is 111. The van der Waals surface area contributed by atoms with Crippen LogP contribution in [0.4, 0.5) is 13.2 Å². The third-order valence-electron chi connectivity index (χ3n) is 1.10. The van der Waals surface area contributed by atoms with E-state index in [-0.39, 0.29) is 6.42 Å². The average Bonchev–Trinajstić information content (AvgIpc) is 1.80. The van der Waals surface area contributed by atoms with Gasteiger partial charge in [0.1, 0.15) is 0 Å². The van der Waals surface area contributed by atoms with Crippen molar-refractivity contribution in [3.8, 4) is 0 Å². The molecule has 2 atom stereocenters. The molecule has 0 N–H and O–H groups in total. The van der Waals surface area contributed by atoms with Crippen molar-refractivity contribution in [2.75, 3.05) is 0 Å². The third kappa shape index (κ3) is 6.76. The predicted molar refractivity (Wildman–Crippen MR) is 39.9 cm³/mol. The van der Waals surface area contributed by atoms with Gasteiger partial charge in [-0.25, -0.2) is 0 Å². The van der Waals surface area contributed by atoms with Crippen LogP contribution >= 0.6 is 23.2 Å². The van der Waals surface area contributed by atoms with Gasteiger partial charge in [-0.2, -0.15) is 13.2 Å². The lowest BCUT2D eigenvalue weighted by Crippen LogP contribution is -2.16. The summed E-state index contributed by atoms with van der Waals surface area (Å²) in [5, 5.41) is -1.38. The van der Waals surface area contributed by atoms with E-state index in [4.69, 9.17) is 23.2 Å². The SMILES string of the molecule is [CH2]C(Cl)C(Cl)CCC(F)(F)F. The van der Waals surface area contributed by atoms with Crippen molar-refractivity contribution in [3.63, 3.8) is 0 Å². The van der Waals surface area contributed by atoms with Gasteiger partial charge in [0.2, 0.25) is 0 Å². The zero-order chi connectivity index (χ0) is 9.07. The molecule has 0 aliphatic heterocycles. The van der Waals surface area contributed by atoms with Gasteiger partial charge in [-0.1, -0.05) is 0 Å². The summed E-state index contributed by atoms with van der Waals surface area (Å²) < 4.78 is 34.7. The first kappa shape index (κ1) is 11.4. The molecule has 2 unspecified atom stereocenters. The van der Waals surface area contributed by atoms with Gasteiger partial charge in [-0.05, 0) is 13.3 Å². The first-order valence-electron chi connectivity index (χ1n) is 3.01. The molecule has 0 heterocycles. The Balaban J connectivity index is 3.54. The van der Waals surface area contributed by atoms with Gasteiger partial charge >= 0.3 is 6.18 Å². The Labute approximate surface area is 73.7 Å². The van der Waals surface area contributed by atoms with Crippen molar-refractivity contribution in [2.24, 2.45) is 0 Å². The van der Waals surface area contributed by atoms with Gasteiger partial charge in [0.15, 0.2) is 0 Å². The van der Waals surface area contributed by atoms with Gasteiger partial charge < -0.3 is 0 Å². The summed E-state index contributed by atoms with van der Waals surface area (Å²) in [6.45, 7) is 3.31. The topological polar surface area (TPSA) is 0 Å². The van der Waals surface area contributed by atoms with Crippen molar-refractivity contribution in [2.45, 2.75) is 29.8 Å². The van der Waals surface area contributed by atoms with Crippen molar-refractivity contribution in [1.82, 2.24) is 0 Å². The molecule has 0 saturated carbocycles. The second-order valence-electron chi connectivity index (χ2n) is 2.19. The van der Waals surface area contributed by atoms with Crippen molar-refractivity contribution >= 4 is 23.2 Å². The molecule has 0 rings (SSSR count). The minimum atomic E-state index is -4.15. The van der Waals surface area contributed by atoms with Crippen LogP contribution < -0.4 is 0 Å². The fraction of sp³-hybridized carbons (Fsp3) is 0.833. The normalized spacial score (nSPS) is 18.0. The van der Waals surface area contributed by atoms with Gasteiger partial charge in [0.05, 0.1) is 5.38 Å². The fourth-order valence-corrected chi connectivity index (χ4v) is 0.717. The lowest BCUT2D eigenvalue weighted by molar-refractivity contribution is -0.135. The molecule has 0 nitrogen and oxygen atoms in total. The van der Waals surface area contributed by atoms with Gasteiger partial charge in [-0.3, -0.25) is 0 Å². The van der Waals surface area contributed by atoms with Crippen molar-refractivity contribution < 1.29 is 13.2 Å². The Morgan fingerprint density at radius 1 is 1.27 bits per heavy atom. The van der Waals surface area contributed by atoms with Gasteiger partial charge in [-0.15, -0.1) is 23.2 Å². The largest absolute Gasteiger partial charge is 0.389 e. The van der Waals surface area contributed by atoms with E-state index < -0.39 is 23.4 Å². The summed E-state index contributed by atoms with van der Waals surface area (Å²) in [6.07, 6.45) is -5.23. The molecule has 11 heavy (non-hydrogen) atoms. The van der Waals surface area contributed by atoms with Crippen LogP contribution in [0.1, 0.15) is 12.8 Å². The lowest BCUT2D eigenvalue weighted by atomic mass is 10.2. The summed E-state index contributed by atoms with van der Waals surface area (Å²) in [6, 6.07) is 0. The zero-order valence-electron chi connectivity index (χ0n) is 5.67. The summed E-state index contributed by atoms with van der Waals surface area (Å²) in [4.78, 5) is 0. The van der Waals surface area contributed by atoms with E-state index >= 15 is 0 Å². The van der Waals surface area contributed by atoms with Crippen LogP contribution in [0.2, 0.25) is 0 Å². The molecule has 67 valence electrons. The fourth-order valence-electron chi connectivity index (χ4n) is 0.482. The minimum Gasteiger partial charge on any atom is -0.171 e. The molecule has 0 aromatic carbocycles. The van der Waals surface area contributed by atoms with Crippen molar-refractivity contribution in [3.05, 3.63) is 6.92 Å². The standard InChI is InChI=1S/C6H8Cl2F3/c1-4(7)5(8)2-3-6(9,10)11/h4-5H,1-3H2. The van der Waals surface area contributed by atoms with Crippen LogP contribution in [0.5, 0.6) is 0 Å². The molecule has 0 spiro atoms. The van der Waals surface area contributed by atoms with Crippen LogP contribution in [-0.2, 0) is 0 Å². The lowest BCUT2D eigenvalue weighted by Gasteiger charge is -2.12. The van der Waals surface area contributed by atoms with Crippen LogP contribution in [0.3, 0.4) is 0 Å². The molecular formula is C6H8Cl2F3. The highest BCUT2D eigenvalue weighted by molar-refractivity contribution is 6.30. The second-order valence-corrected chi connectivity index (χ2v) is 3.31. The van der Waals surface area contributed by atoms with E-state index in [9.17, 15) is 13.2 Å². The first-order valence-corrected chi connectivity index (χ1v) is 3.88. The molecule has 0 saturated heterocycles. The number of hydrogen-bond acceptors (Lipinski definition) is 0. The minimum absolute atomic E-state index is 0.178. The Morgan fingerprint density at radius 3 is 2.00 bits per heavy atom. The van der Waals surface area contributed by atoms with E-state index in [0.717, 1.165) is 0 Å². The van der Waals surface area contributed by atoms with E-state index in [0.29, 0.717) is 0 Å². The Kier molecular flexibility index (Phi) is 4.56. The smallest absolute Gasteiger partial charge is 0.171 e. The first-order chi connectivity index (χ1) is 4.83. The molecule has 0 aromatic heterocycles. The molecule has 0 fully saturated rings. The summed E-state index contributed by atoms with van der Waals surface area (Å²) in [5.74, 6) is 0. The zero-order valence-corrected chi connectivity index (χ0v) is 7.18. The van der Waals surface area contributed by atoms with E-state index in [2.05, 4.69) is 6.92 Å². The number of hydrogen-bond donors (Lipinski definition) is 0. The monoisotopic (exact) mass is 207 g/mol. The van der Waals surface area contributed by atoms with Crippen molar-refractivity contribution in [1.29, 1.82) is 0 Å². The molecule has 0 aromatic rings. The number of halogens is 5. The maximum Gasteiger partial charge on any atom is 0.389 e. The quantitative estimate of drug-likeness (QED) is 0.623. The third-order valence-corrected chi connectivity index (χ3v) is 2.05. The molecule has 0 amide bonds. The summed E-state index contributed by atoms with van der Waals surface area (Å²) in [5.41, 5.74) is 0. The highest BCUT2D eigenvalue weighted by atomic mass is 35.5. The summed E-state index contributed by atoms with van der Waals surface area (Å²) >= 11 is 10.8. The molecule has 0 aliphatic carbocycles. The Morgan fingerprint density at radius 2 is 1.73 bits per heavy atom. The average molecular weight is 208 g/mol. The maximum atomic E-state index is 11.6. The molecule has 5 heteroatoms. The molecule has 0 aliphatic rings. The van der Waals surface area contributed by atoms with Gasteiger partial charge in [0, 0.05) is 11.8 Å². The van der Waals surface area contributed by atoms with Crippen LogP contribution in [0, 0.1) is 6.92 Å². The summed E-state index contributed by atoms with van der Waals surface area (Å²) in [7, 11) is 0. The highest BCUT2D eigenvalue weighted by Crippen LogP contribution is 2.25. The molecule has 1 radical (unpaired) electrons. The maximum absolute atomic E-state index is 11.6. The van der Waals surface area contributed by atoms with Crippen LogP contribution in [0.15, 0.2) is 0 Å². The molecule has 0 bridgehead atoms. The van der Waals surface area contributed by atoms with E-state index in [1.807, 2.05) is 0 Å². The second kappa shape index (κ2) is 4.41. The van der Waals surface area contributed by atoms with Crippen LogP contribution in [-0.4, -0.2) is 16.9 Å². The van der Waals surface area contributed by atoms with Gasteiger partial charge in [0.25, 0.3) is 0 Å². The number of alkyl halides is 5. The van der Waals surface area contributed by atoms with E-state index in [1.165, 1.54) is 0 Å². The highest BCUT2D eigenvalue weighted by Gasteiger charge is 2.28. The molecular weight excluding hydrogens is 200 g/mol. The van der Waals surface area contributed by atoms with Crippen LogP contribution in [0.25, 0.3) is 0 Å². The van der Waals surface area contributed by atoms with E-state index in [1.54, 1.807) is 0 Å². The number of rotatable bonds is 3. The predicted octanol–water partition coefficient (Wildman–Crippen LogP) is 3.38.